The minimum absolute atomic E-state index is 0.164. The van der Waals surface area contributed by atoms with Crippen molar-refractivity contribution in [3.63, 3.8) is 0 Å². The predicted molar refractivity (Wildman–Crippen MR) is 105 cm³/mol. The van der Waals surface area contributed by atoms with Crippen LogP contribution in [0.3, 0.4) is 0 Å². The molecule has 0 saturated carbocycles. The van der Waals surface area contributed by atoms with Crippen LogP contribution < -0.4 is 15.0 Å². The number of aromatic nitrogens is 1. The zero-order chi connectivity index (χ0) is 20.4. The number of carbonyl (C=O) groups is 1. The van der Waals surface area contributed by atoms with E-state index >= 15 is 0 Å². The first-order valence-corrected chi connectivity index (χ1v) is 9.01. The molecule has 0 fully saturated rings. The molecule has 0 radical (unpaired) electrons. The van der Waals surface area contributed by atoms with E-state index in [0.29, 0.717) is 44.9 Å². The molecule has 2 heterocycles. The van der Waals surface area contributed by atoms with Gasteiger partial charge in [-0.2, -0.15) is 5.48 Å². The van der Waals surface area contributed by atoms with Gasteiger partial charge in [0.15, 0.2) is 17.3 Å². The third kappa shape index (κ3) is 3.62. The molecule has 148 valence electrons. The summed E-state index contributed by atoms with van der Waals surface area (Å²) in [6.07, 6.45) is 0. The normalized spacial score (nSPS) is 12.7. The number of aryl methyl sites for hydroxylation is 1. The summed E-state index contributed by atoms with van der Waals surface area (Å²) in [6.45, 7) is 1.79. The van der Waals surface area contributed by atoms with Gasteiger partial charge < -0.3 is 18.8 Å². The lowest BCUT2D eigenvalue weighted by molar-refractivity contribution is 0.0386. The van der Waals surface area contributed by atoms with Crippen molar-refractivity contribution in [2.75, 3.05) is 13.8 Å². The van der Waals surface area contributed by atoms with E-state index in [2.05, 4.69) is 15.6 Å². The van der Waals surface area contributed by atoms with E-state index in [-0.39, 0.29) is 12.4 Å². The van der Waals surface area contributed by atoms with E-state index in [1.165, 1.54) is 0 Å². The van der Waals surface area contributed by atoms with Crippen molar-refractivity contribution in [3.8, 4) is 22.8 Å². The van der Waals surface area contributed by atoms with Gasteiger partial charge in [-0.25, -0.2) is 4.79 Å². The number of rotatable bonds is 3. The van der Waals surface area contributed by atoms with Gasteiger partial charge in [0.25, 0.3) is 0 Å². The first kappa shape index (κ1) is 18.8. The summed E-state index contributed by atoms with van der Waals surface area (Å²) in [5.74, 6) is 1.20. The van der Waals surface area contributed by atoms with E-state index in [1.54, 1.807) is 56.4 Å². The van der Waals surface area contributed by atoms with Gasteiger partial charge in [0.1, 0.15) is 17.0 Å². The first-order chi connectivity index (χ1) is 14.1. The fourth-order valence-electron chi connectivity index (χ4n) is 2.87. The van der Waals surface area contributed by atoms with Gasteiger partial charge in [-0.05, 0) is 31.2 Å². The molecular weight excluding hydrogens is 398 g/mol. The Kier molecular flexibility index (Phi) is 5.09. The number of carbonyl (C=O) groups excluding carboxylic acids is 1. The summed E-state index contributed by atoms with van der Waals surface area (Å²) in [7, 11) is 1.57. The summed E-state index contributed by atoms with van der Waals surface area (Å²) >= 11 is 6.23. The Labute approximate surface area is 171 Å². The van der Waals surface area contributed by atoms with E-state index in [1.807, 2.05) is 0 Å². The fraction of sp³-hybridized carbons (Fsp3) is 0.150. The summed E-state index contributed by atoms with van der Waals surface area (Å²) in [6, 6.07) is 12.3. The van der Waals surface area contributed by atoms with Gasteiger partial charge in [-0.15, -0.1) is 0 Å². The Balaban J connectivity index is 1.54. The average Bonchev–Trinajstić information content (AvgIpc) is 3.34. The fourth-order valence-corrected chi connectivity index (χ4v) is 3.10. The van der Waals surface area contributed by atoms with E-state index < -0.39 is 5.97 Å². The van der Waals surface area contributed by atoms with Crippen LogP contribution in [0.15, 0.2) is 52.0 Å². The third-order valence-corrected chi connectivity index (χ3v) is 4.64. The minimum atomic E-state index is -0.680. The van der Waals surface area contributed by atoms with Crippen molar-refractivity contribution in [2.24, 2.45) is 4.99 Å². The van der Waals surface area contributed by atoms with Crippen LogP contribution in [0.25, 0.3) is 11.3 Å². The van der Waals surface area contributed by atoms with Crippen molar-refractivity contribution in [1.82, 2.24) is 10.6 Å². The SMILES string of the molecule is CN=C(NOC(=O)c1c(-c2ccccc2Cl)noc1C)c1ccc2c(c1)OCO2. The molecule has 29 heavy (non-hydrogen) atoms. The second-order valence-corrected chi connectivity index (χ2v) is 6.48. The first-order valence-electron chi connectivity index (χ1n) is 8.63. The highest BCUT2D eigenvalue weighted by atomic mass is 35.5. The predicted octanol–water partition coefficient (Wildman–Crippen LogP) is 3.77. The molecule has 0 saturated heterocycles. The number of benzene rings is 2. The number of hydrogen-bond donors (Lipinski definition) is 1. The van der Waals surface area contributed by atoms with E-state index in [0.717, 1.165) is 0 Å². The molecule has 0 unspecified atom stereocenters. The van der Waals surface area contributed by atoms with Crippen LogP contribution >= 0.6 is 11.6 Å². The molecule has 1 N–H and O–H groups in total. The smallest absolute Gasteiger partial charge is 0.368 e. The van der Waals surface area contributed by atoms with Crippen LogP contribution in [0.2, 0.25) is 5.02 Å². The topological polar surface area (TPSA) is 95.2 Å². The van der Waals surface area contributed by atoms with Crippen LogP contribution in [0.1, 0.15) is 21.7 Å². The number of hydrogen-bond acceptors (Lipinski definition) is 7. The molecular formula is C20H16ClN3O5. The van der Waals surface area contributed by atoms with Gasteiger partial charge in [0, 0.05) is 18.2 Å². The highest BCUT2D eigenvalue weighted by molar-refractivity contribution is 6.33. The molecule has 0 aliphatic carbocycles. The lowest BCUT2D eigenvalue weighted by atomic mass is 10.1. The summed E-state index contributed by atoms with van der Waals surface area (Å²) in [4.78, 5) is 22.1. The van der Waals surface area contributed by atoms with Crippen molar-refractivity contribution in [1.29, 1.82) is 0 Å². The number of ether oxygens (including phenoxy) is 2. The molecule has 1 aliphatic rings. The maximum absolute atomic E-state index is 12.7. The van der Waals surface area contributed by atoms with Gasteiger partial charge in [0.05, 0.1) is 5.02 Å². The number of fused-ring (bicyclic) bond motifs is 1. The highest BCUT2D eigenvalue weighted by Gasteiger charge is 2.25. The Bertz CT molecular complexity index is 1110. The summed E-state index contributed by atoms with van der Waals surface area (Å²) in [5.41, 5.74) is 4.30. The monoisotopic (exact) mass is 413 g/mol. The van der Waals surface area contributed by atoms with Crippen LogP contribution in [0.5, 0.6) is 11.5 Å². The van der Waals surface area contributed by atoms with Gasteiger partial charge in [-0.3, -0.25) is 4.99 Å². The molecule has 0 bridgehead atoms. The number of halogens is 1. The molecule has 9 heteroatoms. The van der Waals surface area contributed by atoms with Crippen LogP contribution in [-0.4, -0.2) is 30.8 Å². The maximum Gasteiger partial charge on any atom is 0.368 e. The van der Waals surface area contributed by atoms with Gasteiger partial charge in [0.2, 0.25) is 6.79 Å². The van der Waals surface area contributed by atoms with Crippen molar-refractivity contribution in [3.05, 3.63) is 64.4 Å². The lowest BCUT2D eigenvalue weighted by Gasteiger charge is -2.10. The van der Waals surface area contributed by atoms with Crippen LogP contribution in [0, 0.1) is 6.92 Å². The summed E-state index contributed by atoms with van der Waals surface area (Å²) in [5, 5.41) is 4.41. The lowest BCUT2D eigenvalue weighted by Crippen LogP contribution is -2.28. The molecule has 2 aromatic carbocycles. The third-order valence-electron chi connectivity index (χ3n) is 4.31. The largest absolute Gasteiger partial charge is 0.454 e. The molecule has 8 nitrogen and oxygen atoms in total. The van der Waals surface area contributed by atoms with Crippen LogP contribution in [-0.2, 0) is 4.84 Å². The van der Waals surface area contributed by atoms with Crippen molar-refractivity contribution < 1.29 is 23.6 Å². The Morgan fingerprint density at radius 1 is 1.21 bits per heavy atom. The van der Waals surface area contributed by atoms with Crippen molar-refractivity contribution in [2.45, 2.75) is 6.92 Å². The number of nitrogens with zero attached hydrogens (tertiary/aromatic N) is 2. The van der Waals surface area contributed by atoms with Gasteiger partial charge in [-0.1, -0.05) is 35.0 Å². The van der Waals surface area contributed by atoms with Gasteiger partial charge >= 0.3 is 5.97 Å². The second kappa shape index (κ2) is 7.84. The average molecular weight is 414 g/mol. The number of amidine groups is 1. The minimum Gasteiger partial charge on any atom is -0.454 e. The van der Waals surface area contributed by atoms with Crippen LogP contribution in [0.4, 0.5) is 0 Å². The Hall–Kier alpha value is -3.52. The second-order valence-electron chi connectivity index (χ2n) is 6.07. The Morgan fingerprint density at radius 3 is 2.79 bits per heavy atom. The molecule has 1 aromatic heterocycles. The highest BCUT2D eigenvalue weighted by Crippen LogP contribution is 2.33. The molecule has 0 spiro atoms. The number of hydroxylamine groups is 1. The standard InChI is InChI=1S/C20H16ClN3O5/c1-11-17(18(23-28-11)13-5-3-4-6-14(13)21)20(25)29-24-19(22-2)12-7-8-15-16(9-12)27-10-26-15/h3-9H,10H2,1-2H3,(H,22,24). The zero-order valence-corrected chi connectivity index (χ0v) is 16.3. The molecule has 0 atom stereocenters. The molecule has 1 aliphatic heterocycles. The number of nitrogens with one attached hydrogen (secondary N) is 1. The van der Waals surface area contributed by atoms with Crippen molar-refractivity contribution >= 4 is 23.4 Å². The molecule has 3 aromatic rings. The molecule has 4 rings (SSSR count). The Morgan fingerprint density at radius 2 is 2.00 bits per heavy atom. The number of aliphatic imine (C=N–C) groups is 1. The zero-order valence-electron chi connectivity index (χ0n) is 15.6. The summed E-state index contributed by atoms with van der Waals surface area (Å²) < 4.78 is 15.9. The maximum atomic E-state index is 12.7. The van der Waals surface area contributed by atoms with E-state index in [4.69, 9.17) is 30.4 Å². The quantitative estimate of drug-likeness (QED) is 0.396. The molecule has 0 amide bonds. The van der Waals surface area contributed by atoms with E-state index in [9.17, 15) is 4.79 Å².